The van der Waals surface area contributed by atoms with E-state index in [1.54, 1.807) is 0 Å². The normalized spacial score (nSPS) is 13.8. The van der Waals surface area contributed by atoms with E-state index in [2.05, 4.69) is 55.6 Å². The van der Waals surface area contributed by atoms with Gasteiger partial charge in [-0.15, -0.1) is 0 Å². The van der Waals surface area contributed by atoms with Crippen molar-refractivity contribution in [2.45, 2.75) is 33.0 Å². The van der Waals surface area contributed by atoms with Crippen LogP contribution in [0.5, 0.6) is 5.75 Å². The molecule has 2 aromatic carbocycles. The minimum atomic E-state index is -0.0297. The Morgan fingerprint density at radius 3 is 2.16 bits per heavy atom. The maximum Gasteiger partial charge on any atom is 0.147 e. The highest BCUT2D eigenvalue weighted by atomic mass is 16.5. The second kappa shape index (κ2) is 6.39. The van der Waals surface area contributed by atoms with Gasteiger partial charge in [0.05, 0.1) is 0 Å². The Balaban J connectivity index is 1.90. The lowest BCUT2D eigenvalue weighted by atomic mass is 10.1. The molecule has 0 aromatic heterocycles. The van der Waals surface area contributed by atoms with Crippen LogP contribution in [-0.4, -0.2) is 6.23 Å². The number of hydrogen-bond donors (Lipinski definition) is 1. The summed E-state index contributed by atoms with van der Waals surface area (Å²) < 4.78 is 5.85. The fourth-order valence-corrected chi connectivity index (χ4v) is 2.04. The molecule has 100 valence electrons. The molecule has 2 nitrogen and oxygen atoms in total. The first-order valence-electron chi connectivity index (χ1n) is 6.69. The van der Waals surface area contributed by atoms with Crippen LogP contribution in [0.3, 0.4) is 0 Å². The van der Waals surface area contributed by atoms with Gasteiger partial charge in [-0.2, -0.15) is 0 Å². The van der Waals surface area contributed by atoms with Gasteiger partial charge in [-0.05, 0) is 38.5 Å². The van der Waals surface area contributed by atoms with E-state index in [-0.39, 0.29) is 12.3 Å². The second-order valence-electron chi connectivity index (χ2n) is 4.87. The molecule has 19 heavy (non-hydrogen) atoms. The molecular weight excluding hydrogens is 234 g/mol. The summed E-state index contributed by atoms with van der Waals surface area (Å²) in [6, 6.07) is 18.8. The van der Waals surface area contributed by atoms with E-state index < -0.39 is 0 Å². The van der Waals surface area contributed by atoms with Gasteiger partial charge in [-0.25, -0.2) is 0 Å². The van der Waals surface area contributed by atoms with Gasteiger partial charge in [0.25, 0.3) is 0 Å². The largest absolute Gasteiger partial charge is 0.476 e. The van der Waals surface area contributed by atoms with Crippen molar-refractivity contribution >= 4 is 0 Å². The third-order valence-corrected chi connectivity index (χ3v) is 3.12. The van der Waals surface area contributed by atoms with E-state index in [0.717, 1.165) is 5.75 Å². The maximum atomic E-state index is 5.85. The zero-order valence-electron chi connectivity index (χ0n) is 11.8. The third kappa shape index (κ3) is 4.11. The monoisotopic (exact) mass is 255 g/mol. The van der Waals surface area contributed by atoms with Crippen LogP contribution in [0, 0.1) is 6.92 Å². The van der Waals surface area contributed by atoms with Crippen LogP contribution in [0.2, 0.25) is 0 Å². The Morgan fingerprint density at radius 2 is 1.53 bits per heavy atom. The van der Waals surface area contributed by atoms with Crippen molar-refractivity contribution in [1.82, 2.24) is 5.32 Å². The molecule has 0 aliphatic heterocycles. The molecule has 0 aliphatic rings. The van der Waals surface area contributed by atoms with Gasteiger partial charge in [0.2, 0.25) is 0 Å². The van der Waals surface area contributed by atoms with Crippen molar-refractivity contribution in [1.29, 1.82) is 0 Å². The first kappa shape index (κ1) is 13.6. The van der Waals surface area contributed by atoms with Crippen LogP contribution in [0.4, 0.5) is 0 Å². The van der Waals surface area contributed by atoms with E-state index in [1.165, 1.54) is 11.1 Å². The molecule has 2 aromatic rings. The molecule has 0 spiro atoms. The second-order valence-corrected chi connectivity index (χ2v) is 4.87. The van der Waals surface area contributed by atoms with E-state index in [1.807, 2.05) is 25.1 Å². The average Bonchev–Trinajstić information content (AvgIpc) is 2.42. The predicted molar refractivity (Wildman–Crippen MR) is 79.3 cm³/mol. The Bertz CT molecular complexity index is 492. The van der Waals surface area contributed by atoms with Gasteiger partial charge in [0, 0.05) is 6.04 Å². The lowest BCUT2D eigenvalue weighted by Crippen LogP contribution is -2.33. The molecule has 2 rings (SSSR count). The summed E-state index contributed by atoms with van der Waals surface area (Å²) >= 11 is 0. The van der Waals surface area contributed by atoms with Gasteiger partial charge >= 0.3 is 0 Å². The molecule has 0 heterocycles. The highest BCUT2D eigenvalue weighted by molar-refractivity contribution is 5.26. The van der Waals surface area contributed by atoms with E-state index in [0.29, 0.717) is 0 Å². The van der Waals surface area contributed by atoms with Crippen molar-refractivity contribution in [2.75, 3.05) is 0 Å². The molecular formula is C17H21NO. The number of hydrogen-bond acceptors (Lipinski definition) is 2. The van der Waals surface area contributed by atoms with Crippen molar-refractivity contribution < 1.29 is 4.74 Å². The zero-order chi connectivity index (χ0) is 13.7. The SMILES string of the molecule is Cc1ccc(OC(C)NC(C)c2ccccc2)cc1. The molecule has 0 fully saturated rings. The predicted octanol–water partition coefficient (Wildman–Crippen LogP) is 4.07. The van der Waals surface area contributed by atoms with Crippen molar-refractivity contribution in [2.24, 2.45) is 0 Å². The first-order valence-corrected chi connectivity index (χ1v) is 6.69. The van der Waals surface area contributed by atoms with Crippen molar-refractivity contribution in [3.8, 4) is 5.75 Å². The fourth-order valence-electron chi connectivity index (χ4n) is 2.04. The number of nitrogens with one attached hydrogen (secondary N) is 1. The molecule has 2 atom stereocenters. The number of benzene rings is 2. The average molecular weight is 255 g/mol. The quantitative estimate of drug-likeness (QED) is 0.813. The molecule has 0 aliphatic carbocycles. The van der Waals surface area contributed by atoms with Gasteiger partial charge in [0.1, 0.15) is 12.0 Å². The lowest BCUT2D eigenvalue weighted by molar-refractivity contribution is 0.169. The molecule has 0 saturated heterocycles. The van der Waals surface area contributed by atoms with Crippen LogP contribution in [0.15, 0.2) is 54.6 Å². The van der Waals surface area contributed by atoms with Crippen LogP contribution in [-0.2, 0) is 0 Å². The zero-order valence-corrected chi connectivity index (χ0v) is 11.8. The standard InChI is InChI=1S/C17H21NO/c1-13-9-11-17(12-10-13)19-15(3)18-14(2)16-7-5-4-6-8-16/h4-12,14-15,18H,1-3H3. The Labute approximate surface area is 115 Å². The third-order valence-electron chi connectivity index (χ3n) is 3.12. The summed E-state index contributed by atoms with van der Waals surface area (Å²) in [5.74, 6) is 0.894. The Hall–Kier alpha value is -1.80. The summed E-state index contributed by atoms with van der Waals surface area (Å²) in [4.78, 5) is 0. The summed E-state index contributed by atoms with van der Waals surface area (Å²) in [6.45, 7) is 6.24. The van der Waals surface area contributed by atoms with Crippen LogP contribution < -0.4 is 10.1 Å². The van der Waals surface area contributed by atoms with Crippen LogP contribution in [0.1, 0.15) is 31.0 Å². The van der Waals surface area contributed by atoms with Crippen molar-refractivity contribution in [3.05, 3.63) is 65.7 Å². The van der Waals surface area contributed by atoms with Gasteiger partial charge in [-0.3, -0.25) is 5.32 Å². The van der Waals surface area contributed by atoms with Gasteiger partial charge in [0.15, 0.2) is 0 Å². The maximum absolute atomic E-state index is 5.85. The molecule has 0 radical (unpaired) electrons. The number of rotatable bonds is 5. The lowest BCUT2D eigenvalue weighted by Gasteiger charge is -2.21. The van der Waals surface area contributed by atoms with Gasteiger partial charge < -0.3 is 4.74 Å². The van der Waals surface area contributed by atoms with E-state index in [4.69, 9.17) is 4.74 Å². The van der Waals surface area contributed by atoms with Crippen LogP contribution >= 0.6 is 0 Å². The number of ether oxygens (including phenoxy) is 1. The van der Waals surface area contributed by atoms with Gasteiger partial charge in [-0.1, -0.05) is 48.0 Å². The van der Waals surface area contributed by atoms with Crippen LogP contribution in [0.25, 0.3) is 0 Å². The molecule has 1 N–H and O–H groups in total. The first-order chi connectivity index (χ1) is 9.15. The molecule has 2 heteroatoms. The summed E-state index contributed by atoms with van der Waals surface area (Å²) in [5, 5.41) is 3.44. The highest BCUT2D eigenvalue weighted by Crippen LogP contribution is 2.15. The Morgan fingerprint density at radius 1 is 0.895 bits per heavy atom. The minimum absolute atomic E-state index is 0.0297. The minimum Gasteiger partial charge on any atom is -0.476 e. The number of aryl methyl sites for hydroxylation is 1. The Kier molecular flexibility index (Phi) is 4.58. The smallest absolute Gasteiger partial charge is 0.147 e. The molecule has 0 amide bonds. The fraction of sp³-hybridized carbons (Fsp3) is 0.294. The highest BCUT2D eigenvalue weighted by Gasteiger charge is 2.09. The summed E-state index contributed by atoms with van der Waals surface area (Å²) in [5.41, 5.74) is 2.51. The van der Waals surface area contributed by atoms with E-state index in [9.17, 15) is 0 Å². The molecule has 0 saturated carbocycles. The topological polar surface area (TPSA) is 21.3 Å². The summed E-state index contributed by atoms with van der Waals surface area (Å²) in [7, 11) is 0. The summed E-state index contributed by atoms with van der Waals surface area (Å²) in [6.07, 6.45) is -0.0297. The van der Waals surface area contributed by atoms with Crippen molar-refractivity contribution in [3.63, 3.8) is 0 Å². The molecule has 0 bridgehead atoms. The van der Waals surface area contributed by atoms with E-state index >= 15 is 0 Å². The molecule has 2 unspecified atom stereocenters.